The minimum atomic E-state index is -1.11. The van der Waals surface area contributed by atoms with Gasteiger partial charge in [0.15, 0.2) is 0 Å². The lowest BCUT2D eigenvalue weighted by molar-refractivity contribution is -0.304. The molecule has 48 valence electrons. The van der Waals surface area contributed by atoms with Gasteiger partial charge in [0.2, 0.25) is 0 Å². The first-order valence-electron chi connectivity index (χ1n) is 2.43. The van der Waals surface area contributed by atoms with Crippen LogP contribution in [0.5, 0.6) is 0 Å². The minimum absolute atomic E-state index is 0.145. The van der Waals surface area contributed by atoms with Crippen molar-refractivity contribution in [3.05, 3.63) is 0 Å². The van der Waals surface area contributed by atoms with Crippen LogP contribution in [0.25, 0.3) is 0 Å². The predicted molar refractivity (Wildman–Crippen MR) is 26.7 cm³/mol. The van der Waals surface area contributed by atoms with E-state index in [1.165, 1.54) is 0 Å². The van der Waals surface area contributed by atoms with Gasteiger partial charge in [-0.05, 0) is 0 Å². The van der Waals surface area contributed by atoms with E-state index < -0.39 is 5.97 Å². The summed E-state index contributed by atoms with van der Waals surface area (Å²) in [5.74, 6) is -1.11. The number of nitrogens with one attached hydrogen (secondary N) is 2. The van der Waals surface area contributed by atoms with Crippen LogP contribution in [-0.2, 0) is 4.79 Å². The third kappa shape index (κ3) is 5.39. The molecule has 0 aliphatic heterocycles. The number of carbonyl (C=O) groups excluding carboxylic acids is 1. The highest BCUT2D eigenvalue weighted by atomic mass is 16.4. The average molecular weight is 117 g/mol. The highest BCUT2D eigenvalue weighted by molar-refractivity contribution is 5.66. The normalized spacial score (nSPS) is 9.12. The van der Waals surface area contributed by atoms with Crippen molar-refractivity contribution < 1.29 is 9.90 Å². The number of hydrazine groups is 1. The van der Waals surface area contributed by atoms with Crippen LogP contribution in [0.2, 0.25) is 0 Å². The average Bonchev–Trinajstić information content (AvgIpc) is 1.66. The molecule has 0 fully saturated rings. The molecule has 2 N–H and O–H groups in total. The Labute approximate surface area is 47.9 Å². The zero-order valence-corrected chi connectivity index (χ0v) is 4.73. The van der Waals surface area contributed by atoms with Crippen molar-refractivity contribution in [1.29, 1.82) is 0 Å². The molecule has 0 amide bonds. The quantitative estimate of drug-likeness (QED) is 0.325. The fraction of sp³-hybridized carbons (Fsp3) is 0.750. The van der Waals surface area contributed by atoms with Crippen LogP contribution in [-0.4, -0.2) is 19.1 Å². The number of carbonyl (C=O) groups is 1. The van der Waals surface area contributed by atoms with Crippen LogP contribution < -0.4 is 16.0 Å². The van der Waals surface area contributed by atoms with Crippen LogP contribution in [0.4, 0.5) is 0 Å². The molecule has 0 unspecified atom stereocenters. The Balaban J connectivity index is 2.82. The Morgan fingerprint density at radius 1 is 1.62 bits per heavy atom. The summed E-state index contributed by atoms with van der Waals surface area (Å²) in [6, 6.07) is 0. The van der Waals surface area contributed by atoms with Gasteiger partial charge in [0, 0.05) is 13.1 Å². The van der Waals surface area contributed by atoms with Crippen molar-refractivity contribution in [2.45, 2.75) is 6.92 Å². The van der Waals surface area contributed by atoms with Gasteiger partial charge < -0.3 is 9.90 Å². The molecule has 8 heavy (non-hydrogen) atoms. The van der Waals surface area contributed by atoms with E-state index in [0.29, 0.717) is 6.54 Å². The van der Waals surface area contributed by atoms with Crippen molar-refractivity contribution in [3.8, 4) is 0 Å². The molecule has 0 aliphatic carbocycles. The van der Waals surface area contributed by atoms with E-state index in [1.807, 2.05) is 6.92 Å². The molecule has 0 saturated carbocycles. The summed E-state index contributed by atoms with van der Waals surface area (Å²) in [5.41, 5.74) is 5.03. The van der Waals surface area contributed by atoms with Gasteiger partial charge in [0.05, 0.1) is 5.97 Å². The van der Waals surface area contributed by atoms with Crippen LogP contribution >= 0.6 is 0 Å². The van der Waals surface area contributed by atoms with Gasteiger partial charge in [-0.2, -0.15) is 0 Å². The van der Waals surface area contributed by atoms with Gasteiger partial charge >= 0.3 is 0 Å². The second-order valence-corrected chi connectivity index (χ2v) is 1.26. The molecule has 0 spiro atoms. The molecule has 0 aliphatic rings. The number of rotatable bonds is 4. The number of carboxylic acids is 1. The lowest BCUT2D eigenvalue weighted by atomic mass is 10.7. The van der Waals surface area contributed by atoms with Gasteiger partial charge in [0.1, 0.15) is 0 Å². The van der Waals surface area contributed by atoms with Crippen LogP contribution in [0.3, 0.4) is 0 Å². The lowest BCUT2D eigenvalue weighted by Crippen LogP contribution is -2.41. The summed E-state index contributed by atoms with van der Waals surface area (Å²) >= 11 is 0. The molecule has 0 radical (unpaired) electrons. The summed E-state index contributed by atoms with van der Waals surface area (Å²) in [6.45, 7) is 2.42. The molecule has 0 aromatic heterocycles. The number of carboxylic acid groups (broad SMARTS) is 1. The Morgan fingerprint density at radius 3 is 2.62 bits per heavy atom. The second kappa shape index (κ2) is 4.55. The molecule has 0 rings (SSSR count). The second-order valence-electron chi connectivity index (χ2n) is 1.26. The van der Waals surface area contributed by atoms with Gasteiger partial charge in [-0.3, -0.25) is 10.9 Å². The van der Waals surface area contributed by atoms with E-state index in [2.05, 4.69) is 10.9 Å². The number of hydrogen-bond acceptors (Lipinski definition) is 4. The largest absolute Gasteiger partial charge is 0.549 e. The maximum Gasteiger partial charge on any atom is 0.0566 e. The molecule has 0 atom stereocenters. The molecule has 0 aromatic rings. The first-order chi connectivity index (χ1) is 3.77. The minimum Gasteiger partial charge on any atom is -0.549 e. The van der Waals surface area contributed by atoms with Crippen LogP contribution in [0.15, 0.2) is 0 Å². The molecule has 0 saturated heterocycles. The van der Waals surface area contributed by atoms with Crippen molar-refractivity contribution in [1.82, 2.24) is 10.9 Å². The van der Waals surface area contributed by atoms with Crippen LogP contribution in [0.1, 0.15) is 6.92 Å². The van der Waals surface area contributed by atoms with Gasteiger partial charge in [-0.1, -0.05) is 6.92 Å². The fourth-order valence-corrected chi connectivity index (χ4v) is 0.260. The SMILES string of the molecule is CCNNCC(=O)[O-]. The fourth-order valence-electron chi connectivity index (χ4n) is 0.260. The van der Waals surface area contributed by atoms with Gasteiger partial charge in [0.25, 0.3) is 0 Å². The summed E-state index contributed by atoms with van der Waals surface area (Å²) in [5, 5.41) is 9.66. The molecule has 0 heterocycles. The standard InChI is InChI=1S/C4H10N2O2/c1-2-5-6-3-4(7)8/h5-6H,2-3H2,1H3,(H,7,8)/p-1. The van der Waals surface area contributed by atoms with Crippen molar-refractivity contribution >= 4 is 5.97 Å². The van der Waals surface area contributed by atoms with E-state index in [1.54, 1.807) is 0 Å². The molecule has 0 aromatic carbocycles. The maximum atomic E-state index is 9.66. The maximum absolute atomic E-state index is 9.66. The molecular weight excluding hydrogens is 108 g/mol. The molecular formula is C4H9N2O2-. The third-order valence-electron chi connectivity index (χ3n) is 0.535. The summed E-state index contributed by atoms with van der Waals surface area (Å²) in [7, 11) is 0. The predicted octanol–water partition coefficient (Wildman–Crippen LogP) is -2.15. The molecule has 4 nitrogen and oxygen atoms in total. The Bertz CT molecular complexity index is 74.4. The zero-order valence-electron chi connectivity index (χ0n) is 4.73. The summed E-state index contributed by atoms with van der Waals surface area (Å²) in [6.07, 6.45) is 0. The molecule has 0 bridgehead atoms. The Hall–Kier alpha value is -0.610. The highest BCUT2D eigenvalue weighted by Gasteiger charge is 1.79. The van der Waals surface area contributed by atoms with Gasteiger partial charge in [-0.15, -0.1) is 0 Å². The first-order valence-corrected chi connectivity index (χ1v) is 2.43. The van der Waals surface area contributed by atoms with E-state index in [4.69, 9.17) is 0 Å². The zero-order chi connectivity index (χ0) is 6.41. The highest BCUT2D eigenvalue weighted by Crippen LogP contribution is 1.48. The smallest absolute Gasteiger partial charge is 0.0566 e. The number of hydrogen-bond donors (Lipinski definition) is 2. The van der Waals surface area contributed by atoms with E-state index in [9.17, 15) is 9.90 Å². The number of aliphatic carboxylic acids is 1. The lowest BCUT2D eigenvalue weighted by Gasteiger charge is -2.03. The van der Waals surface area contributed by atoms with Crippen molar-refractivity contribution in [2.24, 2.45) is 0 Å². The Morgan fingerprint density at radius 2 is 2.25 bits per heavy atom. The van der Waals surface area contributed by atoms with Crippen molar-refractivity contribution in [2.75, 3.05) is 13.1 Å². The Kier molecular flexibility index (Phi) is 4.20. The van der Waals surface area contributed by atoms with E-state index >= 15 is 0 Å². The monoisotopic (exact) mass is 117 g/mol. The van der Waals surface area contributed by atoms with Gasteiger partial charge in [-0.25, -0.2) is 0 Å². The van der Waals surface area contributed by atoms with Crippen LogP contribution in [0, 0.1) is 0 Å². The summed E-state index contributed by atoms with van der Waals surface area (Å²) in [4.78, 5) is 9.66. The first kappa shape index (κ1) is 7.39. The summed E-state index contributed by atoms with van der Waals surface area (Å²) < 4.78 is 0. The third-order valence-corrected chi connectivity index (χ3v) is 0.535. The van der Waals surface area contributed by atoms with Crippen molar-refractivity contribution in [3.63, 3.8) is 0 Å². The van der Waals surface area contributed by atoms with E-state index in [-0.39, 0.29) is 6.54 Å². The van der Waals surface area contributed by atoms with E-state index in [0.717, 1.165) is 0 Å². The topological polar surface area (TPSA) is 64.2 Å². The molecule has 4 heteroatoms.